The van der Waals surface area contributed by atoms with Gasteiger partial charge in [0.15, 0.2) is 5.11 Å². The molecule has 0 saturated carbocycles. The number of anilines is 1. The Morgan fingerprint density at radius 3 is 2.27 bits per heavy atom. The number of rotatable bonds is 7. The molecule has 1 saturated heterocycles. The highest BCUT2D eigenvalue weighted by Crippen LogP contribution is 2.43. The standard InChI is InChI=1S/C33H27N3O4S/c1-21-6-14-25(15-7-21)39-26-16-12-24(13-17-26)36-31(30(35-33(36)41)27-5-3-4-20-34-27)29-19-18-28(40-29)22-8-10-23(11-9-22)32(37)38-2/h3-20,30-31H,1-2H3,(H,35,41)/t30-,31-/m0/s1. The van der Waals surface area contributed by atoms with Gasteiger partial charge in [-0.05, 0) is 91.9 Å². The molecule has 204 valence electrons. The maximum Gasteiger partial charge on any atom is 0.337 e. The van der Waals surface area contributed by atoms with Crippen molar-refractivity contribution in [2.45, 2.75) is 19.0 Å². The van der Waals surface area contributed by atoms with E-state index in [0.717, 1.165) is 34.2 Å². The van der Waals surface area contributed by atoms with Crippen molar-refractivity contribution in [3.63, 3.8) is 0 Å². The molecule has 0 aliphatic carbocycles. The van der Waals surface area contributed by atoms with Gasteiger partial charge in [0.25, 0.3) is 0 Å². The summed E-state index contributed by atoms with van der Waals surface area (Å²) in [6.07, 6.45) is 1.77. The fourth-order valence-corrected chi connectivity index (χ4v) is 5.24. The van der Waals surface area contributed by atoms with Crippen LogP contribution in [-0.2, 0) is 4.74 Å². The third-order valence-corrected chi connectivity index (χ3v) is 7.29. The predicted octanol–water partition coefficient (Wildman–Crippen LogP) is 7.41. The summed E-state index contributed by atoms with van der Waals surface area (Å²) in [5, 5.41) is 4.02. The number of hydrogen-bond acceptors (Lipinski definition) is 6. The second kappa shape index (κ2) is 11.3. The molecule has 5 aromatic rings. The molecule has 1 aliphatic rings. The number of carbonyl (C=O) groups excluding carboxylic acids is 1. The lowest BCUT2D eigenvalue weighted by molar-refractivity contribution is 0.0600. The molecular weight excluding hydrogens is 534 g/mol. The Morgan fingerprint density at radius 2 is 1.61 bits per heavy atom. The number of aryl methyl sites for hydroxylation is 1. The van der Waals surface area contributed by atoms with Crippen LogP contribution < -0.4 is 15.0 Å². The first-order valence-electron chi connectivity index (χ1n) is 13.1. The fraction of sp³-hybridized carbons (Fsp3) is 0.121. The average Bonchev–Trinajstić information content (AvgIpc) is 3.63. The van der Waals surface area contributed by atoms with Crippen LogP contribution in [0.1, 0.15) is 39.5 Å². The van der Waals surface area contributed by atoms with E-state index in [-0.39, 0.29) is 18.1 Å². The first kappa shape index (κ1) is 26.3. The molecule has 1 N–H and O–H groups in total. The van der Waals surface area contributed by atoms with E-state index in [1.54, 1.807) is 18.3 Å². The number of ether oxygens (including phenoxy) is 2. The molecule has 2 aromatic heterocycles. The number of nitrogens with one attached hydrogen (secondary N) is 1. The number of carbonyl (C=O) groups is 1. The molecule has 0 bridgehead atoms. The van der Waals surface area contributed by atoms with Crippen LogP contribution in [0.4, 0.5) is 5.69 Å². The summed E-state index contributed by atoms with van der Waals surface area (Å²) in [5.41, 5.74) is 4.24. The van der Waals surface area contributed by atoms with Gasteiger partial charge in [0.05, 0.1) is 24.4 Å². The highest BCUT2D eigenvalue weighted by Gasteiger charge is 2.42. The molecule has 7 nitrogen and oxygen atoms in total. The zero-order valence-electron chi connectivity index (χ0n) is 22.5. The van der Waals surface area contributed by atoms with Crippen LogP contribution in [0, 0.1) is 6.92 Å². The van der Waals surface area contributed by atoms with Gasteiger partial charge in [-0.3, -0.25) is 4.98 Å². The first-order chi connectivity index (χ1) is 20.0. The fourth-order valence-electron chi connectivity index (χ4n) is 4.89. The molecule has 41 heavy (non-hydrogen) atoms. The van der Waals surface area contributed by atoms with E-state index < -0.39 is 0 Å². The van der Waals surface area contributed by atoms with Gasteiger partial charge in [-0.15, -0.1) is 0 Å². The molecule has 3 aromatic carbocycles. The summed E-state index contributed by atoms with van der Waals surface area (Å²) in [5.74, 6) is 2.52. The number of esters is 1. The van der Waals surface area contributed by atoms with Crippen molar-refractivity contribution in [3.8, 4) is 22.8 Å². The zero-order chi connectivity index (χ0) is 28.3. The summed E-state index contributed by atoms with van der Waals surface area (Å²) in [7, 11) is 1.36. The molecule has 6 rings (SSSR count). The first-order valence-corrected chi connectivity index (χ1v) is 13.5. The summed E-state index contributed by atoms with van der Waals surface area (Å²) < 4.78 is 17.3. The van der Waals surface area contributed by atoms with E-state index in [1.807, 2.05) is 103 Å². The van der Waals surface area contributed by atoms with Gasteiger partial charge in [-0.1, -0.05) is 35.9 Å². The van der Waals surface area contributed by atoms with Crippen LogP contribution in [0.2, 0.25) is 0 Å². The molecule has 3 heterocycles. The Hall–Kier alpha value is -4.95. The smallest absolute Gasteiger partial charge is 0.337 e. The number of thiocarbonyl (C=S) groups is 1. The lowest BCUT2D eigenvalue weighted by Gasteiger charge is -2.26. The molecule has 0 amide bonds. The Morgan fingerprint density at radius 1 is 0.902 bits per heavy atom. The average molecular weight is 562 g/mol. The maximum absolute atomic E-state index is 11.9. The van der Waals surface area contributed by atoms with Crippen molar-refractivity contribution in [1.29, 1.82) is 0 Å². The monoisotopic (exact) mass is 561 g/mol. The van der Waals surface area contributed by atoms with E-state index in [1.165, 1.54) is 12.7 Å². The number of furan rings is 1. The summed E-state index contributed by atoms with van der Waals surface area (Å²) >= 11 is 5.85. The third-order valence-electron chi connectivity index (χ3n) is 6.98. The quantitative estimate of drug-likeness (QED) is 0.163. The van der Waals surface area contributed by atoms with Gasteiger partial charge in [0, 0.05) is 17.4 Å². The number of benzene rings is 3. The minimum absolute atomic E-state index is 0.243. The van der Waals surface area contributed by atoms with Gasteiger partial charge in [0.1, 0.15) is 29.1 Å². The molecule has 1 fully saturated rings. The van der Waals surface area contributed by atoms with Crippen LogP contribution >= 0.6 is 12.2 Å². The number of methoxy groups -OCH3 is 1. The molecular formula is C33H27N3O4S. The zero-order valence-corrected chi connectivity index (χ0v) is 23.3. The van der Waals surface area contributed by atoms with E-state index in [0.29, 0.717) is 16.4 Å². The van der Waals surface area contributed by atoms with Crippen molar-refractivity contribution in [2.24, 2.45) is 0 Å². The molecule has 2 atom stereocenters. The molecule has 8 heteroatoms. The third kappa shape index (κ3) is 5.42. The SMILES string of the molecule is COC(=O)c1ccc(-c2ccc([C@H]3[C@H](c4ccccn4)NC(=S)N3c3ccc(Oc4ccc(C)cc4)cc3)o2)cc1. The van der Waals surface area contributed by atoms with Crippen molar-refractivity contribution in [3.05, 3.63) is 132 Å². The Bertz CT molecular complexity index is 1670. The number of nitrogens with zero attached hydrogens (tertiary/aromatic N) is 2. The Kier molecular flexibility index (Phi) is 7.22. The van der Waals surface area contributed by atoms with Gasteiger partial charge < -0.3 is 24.1 Å². The van der Waals surface area contributed by atoms with Crippen LogP contribution in [0.15, 0.2) is 114 Å². The second-order valence-electron chi connectivity index (χ2n) is 9.68. The van der Waals surface area contributed by atoms with Gasteiger partial charge in [-0.25, -0.2) is 4.79 Å². The van der Waals surface area contributed by atoms with Crippen LogP contribution in [0.3, 0.4) is 0 Å². The summed E-state index contributed by atoms with van der Waals surface area (Å²) in [6.45, 7) is 2.04. The van der Waals surface area contributed by atoms with Crippen molar-refractivity contribution in [1.82, 2.24) is 10.3 Å². The highest BCUT2D eigenvalue weighted by molar-refractivity contribution is 7.80. The minimum Gasteiger partial charge on any atom is -0.465 e. The van der Waals surface area contributed by atoms with E-state index in [2.05, 4.69) is 10.3 Å². The lowest BCUT2D eigenvalue weighted by Crippen LogP contribution is -2.29. The van der Waals surface area contributed by atoms with Crippen molar-refractivity contribution in [2.75, 3.05) is 12.0 Å². The number of aromatic nitrogens is 1. The topological polar surface area (TPSA) is 76.8 Å². The normalized spacial score (nSPS) is 16.3. The van der Waals surface area contributed by atoms with Crippen LogP contribution in [0.5, 0.6) is 11.5 Å². The van der Waals surface area contributed by atoms with Crippen molar-refractivity contribution < 1.29 is 18.7 Å². The summed E-state index contributed by atoms with van der Waals surface area (Å²) in [4.78, 5) is 18.5. The number of hydrogen-bond donors (Lipinski definition) is 1. The van der Waals surface area contributed by atoms with E-state index in [4.69, 9.17) is 26.1 Å². The van der Waals surface area contributed by atoms with E-state index in [9.17, 15) is 4.79 Å². The maximum atomic E-state index is 11.9. The van der Waals surface area contributed by atoms with Gasteiger partial charge in [0.2, 0.25) is 0 Å². The highest BCUT2D eigenvalue weighted by atomic mass is 32.1. The molecule has 1 aliphatic heterocycles. The Labute approximate surface area is 243 Å². The van der Waals surface area contributed by atoms with Crippen LogP contribution in [-0.4, -0.2) is 23.2 Å². The Balaban J connectivity index is 1.32. The molecule has 0 radical (unpaired) electrons. The predicted molar refractivity (Wildman–Crippen MR) is 161 cm³/mol. The van der Waals surface area contributed by atoms with Gasteiger partial charge in [-0.2, -0.15) is 0 Å². The van der Waals surface area contributed by atoms with E-state index >= 15 is 0 Å². The molecule has 0 unspecified atom stereocenters. The van der Waals surface area contributed by atoms with Crippen molar-refractivity contribution >= 4 is 29.0 Å². The number of pyridine rings is 1. The largest absolute Gasteiger partial charge is 0.465 e. The van der Waals surface area contributed by atoms with Gasteiger partial charge >= 0.3 is 5.97 Å². The minimum atomic E-state index is -0.383. The lowest BCUT2D eigenvalue weighted by atomic mass is 10.0. The summed E-state index contributed by atoms with van der Waals surface area (Å²) in [6, 6.07) is 32.1. The molecule has 0 spiro atoms. The second-order valence-corrected chi connectivity index (χ2v) is 10.1. The van der Waals surface area contributed by atoms with Crippen LogP contribution in [0.25, 0.3) is 11.3 Å².